The highest BCUT2D eigenvalue weighted by atomic mass is 35.5. The average Bonchev–Trinajstić information content (AvgIpc) is 3.24. The van der Waals surface area contributed by atoms with Crippen molar-refractivity contribution >= 4 is 18.3 Å². The lowest BCUT2D eigenvalue weighted by atomic mass is 9.90. The van der Waals surface area contributed by atoms with Crippen LogP contribution in [-0.2, 0) is 23.2 Å². The highest BCUT2D eigenvalue weighted by molar-refractivity contribution is 5.85. The van der Waals surface area contributed by atoms with Gasteiger partial charge in [-0.05, 0) is 18.1 Å². The first-order chi connectivity index (χ1) is 12.1. The van der Waals surface area contributed by atoms with E-state index in [4.69, 9.17) is 4.74 Å². The van der Waals surface area contributed by atoms with Crippen molar-refractivity contribution in [1.29, 1.82) is 0 Å². The van der Waals surface area contributed by atoms with Gasteiger partial charge in [-0.15, -0.1) is 12.4 Å². The van der Waals surface area contributed by atoms with Gasteiger partial charge in [0.1, 0.15) is 0 Å². The van der Waals surface area contributed by atoms with Crippen LogP contribution in [0, 0.1) is 5.92 Å². The number of halogens is 1. The zero-order valence-corrected chi connectivity index (χ0v) is 16.0. The molecule has 1 unspecified atom stereocenters. The maximum atomic E-state index is 12.6. The summed E-state index contributed by atoms with van der Waals surface area (Å²) in [7, 11) is 1.90. The van der Waals surface area contributed by atoms with Crippen LogP contribution in [0.5, 0.6) is 0 Å². The molecule has 0 aliphatic carbocycles. The highest BCUT2D eigenvalue weighted by Crippen LogP contribution is 2.27. The lowest BCUT2D eigenvalue weighted by molar-refractivity contribution is -0.125. The highest BCUT2D eigenvalue weighted by Gasteiger charge is 2.35. The number of aryl methyl sites for hydroxylation is 1. The quantitative estimate of drug-likeness (QED) is 0.771. The van der Waals surface area contributed by atoms with E-state index in [1.807, 2.05) is 56.7 Å². The zero-order chi connectivity index (χ0) is 17.6. The molecule has 0 spiro atoms. The Morgan fingerprint density at radius 2 is 2.15 bits per heavy atom. The van der Waals surface area contributed by atoms with E-state index in [1.165, 1.54) is 0 Å². The molecule has 3 atom stereocenters. The van der Waals surface area contributed by atoms with Gasteiger partial charge >= 0.3 is 0 Å². The van der Waals surface area contributed by atoms with Crippen LogP contribution < -0.4 is 10.6 Å². The lowest BCUT2D eigenvalue weighted by Gasteiger charge is -2.20. The molecular weight excluding hydrogens is 352 g/mol. The minimum Gasteiger partial charge on any atom is -0.375 e. The van der Waals surface area contributed by atoms with Crippen molar-refractivity contribution in [3.8, 4) is 0 Å². The summed E-state index contributed by atoms with van der Waals surface area (Å²) in [6, 6.07) is 10.0. The van der Waals surface area contributed by atoms with Crippen LogP contribution in [0.3, 0.4) is 0 Å². The number of hydrogen-bond donors (Lipinski definition) is 2. The van der Waals surface area contributed by atoms with Crippen molar-refractivity contribution < 1.29 is 9.53 Å². The Kier molecular flexibility index (Phi) is 7.63. The van der Waals surface area contributed by atoms with Gasteiger partial charge in [0, 0.05) is 38.3 Å². The lowest BCUT2D eigenvalue weighted by Crippen LogP contribution is -2.41. The van der Waals surface area contributed by atoms with Gasteiger partial charge in [0.15, 0.2) is 0 Å². The van der Waals surface area contributed by atoms with E-state index in [9.17, 15) is 4.79 Å². The Morgan fingerprint density at radius 1 is 1.38 bits per heavy atom. The monoisotopic (exact) mass is 378 g/mol. The van der Waals surface area contributed by atoms with Gasteiger partial charge in [0.25, 0.3) is 0 Å². The molecule has 1 aromatic carbocycles. The summed E-state index contributed by atoms with van der Waals surface area (Å²) in [5, 5.41) is 10.6. The number of rotatable bonds is 7. The minimum absolute atomic E-state index is 0. The van der Waals surface area contributed by atoms with Crippen LogP contribution in [-0.4, -0.2) is 41.4 Å². The van der Waals surface area contributed by atoms with Gasteiger partial charge in [0.2, 0.25) is 5.91 Å². The first-order valence-electron chi connectivity index (χ1n) is 8.75. The number of aromatic nitrogens is 2. The first kappa shape index (κ1) is 20.4. The normalized spacial score (nSPS) is 20.4. The van der Waals surface area contributed by atoms with Gasteiger partial charge in [-0.3, -0.25) is 9.48 Å². The molecule has 1 aliphatic heterocycles. The number of carbonyl (C=O) groups excluding carboxylic acids is 1. The van der Waals surface area contributed by atoms with E-state index in [0.717, 1.165) is 17.7 Å². The van der Waals surface area contributed by atoms with Crippen molar-refractivity contribution in [1.82, 2.24) is 20.4 Å². The molecule has 6 nitrogen and oxygen atoms in total. The fraction of sp³-hybridized carbons (Fsp3) is 0.474. The van der Waals surface area contributed by atoms with Crippen LogP contribution in [0.25, 0.3) is 0 Å². The number of carbonyl (C=O) groups is 1. The van der Waals surface area contributed by atoms with Gasteiger partial charge in [-0.25, -0.2) is 0 Å². The Morgan fingerprint density at radius 3 is 2.85 bits per heavy atom. The minimum atomic E-state index is -0.0687. The van der Waals surface area contributed by atoms with Crippen LogP contribution in [0.4, 0.5) is 0 Å². The predicted octanol–water partition coefficient (Wildman–Crippen LogP) is 1.87. The standard InChI is InChI=1S/C19H26N4O2.ClH/c1-14(12-25-13-15-6-4-3-5-7-15)22-19(24)18-10-20-9-17(18)16-8-21-23(2)11-16;/h3-8,11,14,17-18,20H,9-10,12-13H2,1-2H3,(H,22,24);1H/t14?,17-,18+;/m1./s1. The smallest absolute Gasteiger partial charge is 0.225 e. The number of hydrogen-bond acceptors (Lipinski definition) is 4. The van der Waals surface area contributed by atoms with Gasteiger partial charge in [-0.2, -0.15) is 5.10 Å². The van der Waals surface area contributed by atoms with Crippen LogP contribution in [0.15, 0.2) is 42.7 Å². The van der Waals surface area contributed by atoms with E-state index in [1.54, 1.807) is 4.68 Å². The number of ether oxygens (including phenoxy) is 1. The topological polar surface area (TPSA) is 68.2 Å². The largest absolute Gasteiger partial charge is 0.375 e. The number of benzene rings is 1. The summed E-state index contributed by atoms with van der Waals surface area (Å²) in [4.78, 5) is 12.6. The van der Waals surface area contributed by atoms with E-state index in [2.05, 4.69) is 15.7 Å². The summed E-state index contributed by atoms with van der Waals surface area (Å²) in [6.07, 6.45) is 3.84. The number of nitrogens with zero attached hydrogens (tertiary/aromatic N) is 2. The Labute approximate surface area is 160 Å². The molecule has 0 saturated carbocycles. The second-order valence-electron chi connectivity index (χ2n) is 6.73. The summed E-state index contributed by atoms with van der Waals surface area (Å²) in [5.41, 5.74) is 2.25. The van der Waals surface area contributed by atoms with Crippen molar-refractivity contribution in [3.05, 3.63) is 53.9 Å². The molecule has 1 saturated heterocycles. The fourth-order valence-corrected chi connectivity index (χ4v) is 3.26. The van der Waals surface area contributed by atoms with E-state index in [0.29, 0.717) is 19.8 Å². The maximum Gasteiger partial charge on any atom is 0.225 e. The number of amides is 1. The van der Waals surface area contributed by atoms with Gasteiger partial charge in [0.05, 0.1) is 25.3 Å². The molecule has 1 fully saturated rings. The molecule has 0 bridgehead atoms. The molecule has 2 N–H and O–H groups in total. The van der Waals surface area contributed by atoms with Crippen LogP contribution >= 0.6 is 12.4 Å². The third-order valence-electron chi connectivity index (χ3n) is 4.57. The van der Waals surface area contributed by atoms with Crippen LogP contribution in [0.1, 0.15) is 24.0 Å². The van der Waals surface area contributed by atoms with Crippen molar-refractivity contribution in [2.75, 3.05) is 19.7 Å². The molecule has 1 aliphatic rings. The summed E-state index contributed by atoms with van der Waals surface area (Å²) in [5.74, 6) is 0.182. The zero-order valence-electron chi connectivity index (χ0n) is 15.2. The third kappa shape index (κ3) is 5.30. The van der Waals surface area contributed by atoms with E-state index >= 15 is 0 Å². The second kappa shape index (κ2) is 9.71. The summed E-state index contributed by atoms with van der Waals surface area (Å²) in [6.45, 7) is 4.54. The number of nitrogens with one attached hydrogen (secondary N) is 2. The Bertz CT molecular complexity index is 692. The first-order valence-corrected chi connectivity index (χ1v) is 8.75. The van der Waals surface area contributed by atoms with Crippen molar-refractivity contribution in [2.45, 2.75) is 25.5 Å². The molecule has 1 amide bonds. The van der Waals surface area contributed by atoms with E-state index in [-0.39, 0.29) is 36.2 Å². The Balaban J connectivity index is 0.00000243. The molecule has 7 heteroatoms. The van der Waals surface area contributed by atoms with E-state index < -0.39 is 0 Å². The molecule has 142 valence electrons. The van der Waals surface area contributed by atoms with Crippen molar-refractivity contribution in [3.63, 3.8) is 0 Å². The molecular formula is C19H27ClN4O2. The molecule has 3 rings (SSSR count). The summed E-state index contributed by atoms with van der Waals surface area (Å²) < 4.78 is 7.50. The van der Waals surface area contributed by atoms with Crippen molar-refractivity contribution in [2.24, 2.45) is 13.0 Å². The molecule has 0 radical (unpaired) electrons. The third-order valence-corrected chi connectivity index (χ3v) is 4.57. The van der Waals surface area contributed by atoms with Gasteiger partial charge < -0.3 is 15.4 Å². The summed E-state index contributed by atoms with van der Waals surface area (Å²) >= 11 is 0. The van der Waals surface area contributed by atoms with Crippen LogP contribution in [0.2, 0.25) is 0 Å². The maximum absolute atomic E-state index is 12.6. The second-order valence-corrected chi connectivity index (χ2v) is 6.73. The predicted molar refractivity (Wildman–Crippen MR) is 103 cm³/mol. The average molecular weight is 379 g/mol. The molecule has 1 aromatic heterocycles. The fourth-order valence-electron chi connectivity index (χ4n) is 3.26. The molecule has 26 heavy (non-hydrogen) atoms. The molecule has 2 heterocycles. The van der Waals surface area contributed by atoms with Gasteiger partial charge in [-0.1, -0.05) is 30.3 Å². The molecule has 2 aromatic rings. The SMILES string of the molecule is CC(COCc1ccccc1)NC(=O)[C@H]1CNC[C@@H]1c1cnn(C)c1.Cl. The Hall–Kier alpha value is -1.89.